The lowest BCUT2D eigenvalue weighted by Crippen LogP contribution is -2.43. The monoisotopic (exact) mass is 487 g/mol. The van der Waals surface area contributed by atoms with Crippen LogP contribution in [0.25, 0.3) is 0 Å². The van der Waals surface area contributed by atoms with Crippen molar-refractivity contribution in [3.05, 3.63) is 63.4 Å². The van der Waals surface area contributed by atoms with Gasteiger partial charge in [0.15, 0.2) is 17.6 Å². The average Bonchev–Trinajstić information content (AvgIpc) is 3.01. The Hall–Kier alpha value is -2.83. The van der Waals surface area contributed by atoms with Crippen molar-refractivity contribution in [1.82, 2.24) is 14.5 Å². The third-order valence-corrected chi connectivity index (χ3v) is 5.64. The van der Waals surface area contributed by atoms with Crippen molar-refractivity contribution in [3.63, 3.8) is 0 Å². The second-order valence-corrected chi connectivity index (χ2v) is 8.38. The van der Waals surface area contributed by atoms with Crippen molar-refractivity contribution in [2.75, 3.05) is 6.61 Å². The van der Waals surface area contributed by atoms with Gasteiger partial charge in [0.25, 0.3) is 5.56 Å². The van der Waals surface area contributed by atoms with Crippen LogP contribution in [0, 0.1) is 0 Å². The molecule has 1 aromatic heterocycles. The molecule has 0 radical (unpaired) electrons. The van der Waals surface area contributed by atoms with E-state index in [1.807, 2.05) is 4.98 Å². The highest BCUT2D eigenvalue weighted by atomic mass is 31.1. The number of alkyl halides is 1. The third-order valence-electron chi connectivity index (χ3n) is 4.75. The summed E-state index contributed by atoms with van der Waals surface area (Å²) in [5, 5.41) is 10.4. The van der Waals surface area contributed by atoms with Gasteiger partial charge in [-0.25, -0.2) is 9.18 Å². The number of aliphatic hydroxyl groups excluding tert-OH is 1. The van der Waals surface area contributed by atoms with Gasteiger partial charge in [0, 0.05) is 18.7 Å². The number of aromatic nitrogens is 2. The van der Waals surface area contributed by atoms with E-state index in [-0.39, 0.29) is 12.2 Å². The van der Waals surface area contributed by atoms with E-state index < -0.39 is 56.1 Å². The zero-order valence-corrected chi connectivity index (χ0v) is 18.7. The van der Waals surface area contributed by atoms with Gasteiger partial charge in [-0.05, 0) is 19.1 Å². The first-order chi connectivity index (χ1) is 15.6. The van der Waals surface area contributed by atoms with Crippen LogP contribution in [0.2, 0.25) is 0 Å². The summed E-state index contributed by atoms with van der Waals surface area (Å²) in [5.41, 5.74) is -4.08. The summed E-state index contributed by atoms with van der Waals surface area (Å²) in [5.74, 6) is -0.548. The number of H-pyrrole nitrogens is 1. The molecule has 14 heteroatoms. The van der Waals surface area contributed by atoms with Gasteiger partial charge in [0.05, 0.1) is 6.61 Å². The fourth-order valence-corrected chi connectivity index (χ4v) is 3.76. The summed E-state index contributed by atoms with van der Waals surface area (Å²) < 4.78 is 39.2. The number of carbonyl (C=O) groups is 1. The highest BCUT2D eigenvalue weighted by Crippen LogP contribution is 2.42. The van der Waals surface area contributed by atoms with E-state index in [0.29, 0.717) is 5.00 Å². The number of nitrogens with one attached hydrogen (secondary N) is 1. The molecule has 180 valence electrons. The van der Waals surface area contributed by atoms with Gasteiger partial charge in [-0.1, -0.05) is 25.1 Å². The van der Waals surface area contributed by atoms with Crippen LogP contribution in [0.1, 0.15) is 26.5 Å². The second kappa shape index (κ2) is 10.4. The van der Waals surface area contributed by atoms with Crippen LogP contribution in [-0.2, 0) is 23.5 Å². The van der Waals surface area contributed by atoms with Gasteiger partial charge < -0.3 is 24.0 Å². The maximum atomic E-state index is 15.2. The predicted octanol–water partition coefficient (Wildman–Crippen LogP) is 1.09. The van der Waals surface area contributed by atoms with Gasteiger partial charge in [-0.3, -0.25) is 23.7 Å². The Bertz CT molecular complexity index is 1110. The van der Waals surface area contributed by atoms with Crippen molar-refractivity contribution in [3.8, 4) is 5.75 Å². The number of aliphatic hydroxyl groups is 1. The molecule has 0 saturated carbocycles. The lowest BCUT2D eigenvalue weighted by atomic mass is 9.98. The Balaban J connectivity index is 1.71. The quantitative estimate of drug-likeness (QED) is 0.389. The first kappa shape index (κ1) is 24.8. The lowest BCUT2D eigenvalue weighted by Gasteiger charge is -2.24. The predicted molar refractivity (Wildman–Crippen MR) is 111 cm³/mol. The topological polar surface area (TPSA) is 149 Å². The maximum absolute atomic E-state index is 15.2. The number of halogens is 1. The fraction of sp³-hybridized carbons (Fsp3) is 0.421. The second-order valence-electron chi connectivity index (χ2n) is 7.20. The summed E-state index contributed by atoms with van der Waals surface area (Å²) in [6, 6.07) is 9.02. The molecule has 12 nitrogen and oxygen atoms in total. The van der Waals surface area contributed by atoms with E-state index in [1.165, 1.54) is 19.1 Å². The minimum Gasteiger partial charge on any atom is -0.387 e. The fourth-order valence-electron chi connectivity index (χ4n) is 3.00. The molecule has 2 aromatic rings. The van der Waals surface area contributed by atoms with Crippen LogP contribution in [0.4, 0.5) is 4.39 Å². The molecule has 2 heterocycles. The van der Waals surface area contributed by atoms with E-state index in [9.17, 15) is 24.1 Å². The van der Waals surface area contributed by atoms with E-state index in [4.69, 9.17) is 18.9 Å². The van der Waals surface area contributed by atoms with Crippen molar-refractivity contribution in [2.45, 2.75) is 44.4 Å². The summed E-state index contributed by atoms with van der Waals surface area (Å²) in [4.78, 5) is 47.5. The van der Waals surface area contributed by atoms with E-state index in [1.54, 1.807) is 18.2 Å². The van der Waals surface area contributed by atoms with Crippen LogP contribution in [0.3, 0.4) is 0 Å². The molecule has 5 atom stereocenters. The Morgan fingerprint density at radius 1 is 1.33 bits per heavy atom. The molecule has 1 unspecified atom stereocenters. The van der Waals surface area contributed by atoms with E-state index in [2.05, 4.69) is 0 Å². The highest BCUT2D eigenvalue weighted by molar-refractivity contribution is 7.35. The smallest absolute Gasteiger partial charge is 0.332 e. The van der Waals surface area contributed by atoms with Crippen LogP contribution < -0.4 is 16.1 Å². The zero-order chi connectivity index (χ0) is 24.2. The molecule has 1 fully saturated rings. The standard InChI is InChI=1S/C19H23FN3O9P/c1-3-15(25)32-23(31-12-7-5-4-6-8-12)33(28)29-11-13-16(26)19(2,20)17(30-13)22-10-9-14(24)21-18(22)27/h4-10,13,16-17,26,33H,3,11H2,1-2H3,(H,21,24,27)/t13-,16-,17-,19-/m1/s1. The normalized spacial score (nSPS) is 25.7. The number of carbonyl (C=O) groups excluding carboxylic acids is 1. The Kier molecular flexibility index (Phi) is 7.82. The molecule has 1 saturated heterocycles. The minimum atomic E-state index is -3.38. The lowest BCUT2D eigenvalue weighted by molar-refractivity contribution is -0.242. The van der Waals surface area contributed by atoms with Crippen molar-refractivity contribution < 1.29 is 37.8 Å². The molecule has 2 N–H and O–H groups in total. The number of ether oxygens (including phenoxy) is 1. The van der Waals surface area contributed by atoms with Crippen LogP contribution in [0.15, 0.2) is 52.2 Å². The Morgan fingerprint density at radius 3 is 2.67 bits per heavy atom. The number of hydrogen-bond acceptors (Lipinski definition) is 9. The zero-order valence-electron chi connectivity index (χ0n) is 17.7. The van der Waals surface area contributed by atoms with Gasteiger partial charge in [0.1, 0.15) is 17.2 Å². The van der Waals surface area contributed by atoms with Gasteiger partial charge in [-0.2, -0.15) is 0 Å². The number of para-hydroxylation sites is 1. The van der Waals surface area contributed by atoms with Crippen LogP contribution >= 0.6 is 8.18 Å². The molecule has 0 amide bonds. The maximum Gasteiger partial charge on any atom is 0.332 e. The van der Waals surface area contributed by atoms with Gasteiger partial charge in [0.2, 0.25) is 0 Å². The number of hydrogen-bond donors (Lipinski definition) is 2. The number of nitrogens with zero attached hydrogens (tertiary/aromatic N) is 2. The van der Waals surface area contributed by atoms with Gasteiger partial charge in [-0.15, -0.1) is 0 Å². The largest absolute Gasteiger partial charge is 0.387 e. The molecule has 0 spiro atoms. The van der Waals surface area contributed by atoms with E-state index >= 15 is 4.39 Å². The van der Waals surface area contributed by atoms with E-state index in [0.717, 1.165) is 23.8 Å². The van der Waals surface area contributed by atoms with Crippen molar-refractivity contribution in [2.24, 2.45) is 0 Å². The summed E-state index contributed by atoms with van der Waals surface area (Å²) in [6.07, 6.45) is -3.73. The molecule has 0 aliphatic carbocycles. The number of benzene rings is 1. The molecule has 33 heavy (non-hydrogen) atoms. The average molecular weight is 487 g/mol. The summed E-state index contributed by atoms with van der Waals surface area (Å²) in [7, 11) is -3.38. The Labute approximate surface area is 187 Å². The first-order valence-electron chi connectivity index (χ1n) is 9.88. The van der Waals surface area contributed by atoms with Gasteiger partial charge >= 0.3 is 19.8 Å². The van der Waals surface area contributed by atoms with Crippen LogP contribution in [-0.4, -0.2) is 50.1 Å². The molecular formula is C19H23FN3O9P. The number of rotatable bonds is 9. The van der Waals surface area contributed by atoms with Crippen molar-refractivity contribution >= 4 is 14.1 Å². The summed E-state index contributed by atoms with van der Waals surface area (Å²) in [6.45, 7) is 1.94. The molecule has 1 aromatic carbocycles. The molecule has 1 aliphatic heterocycles. The third kappa shape index (κ3) is 5.75. The summed E-state index contributed by atoms with van der Waals surface area (Å²) >= 11 is 0. The van der Waals surface area contributed by atoms with Crippen LogP contribution in [0.5, 0.6) is 5.75 Å². The SMILES string of the molecule is CCC(=O)ON(Oc1ccccc1)[PH](=O)OC[C@H]1O[C@@H](n2ccc(=O)[nH]c2=O)[C@](C)(F)[C@@H]1O. The minimum absolute atomic E-state index is 0.0376. The molecule has 0 bridgehead atoms. The molecule has 1 aliphatic rings. The molecular weight excluding hydrogens is 464 g/mol. The highest BCUT2D eigenvalue weighted by Gasteiger charge is 2.55. The molecule has 3 rings (SSSR count). The Morgan fingerprint density at radius 2 is 2.03 bits per heavy atom. The van der Waals surface area contributed by atoms with Crippen molar-refractivity contribution in [1.29, 1.82) is 0 Å². The number of aromatic amines is 1. The first-order valence-corrected chi connectivity index (χ1v) is 11.1.